The Bertz CT molecular complexity index is 953. The molecule has 0 radical (unpaired) electrons. The topological polar surface area (TPSA) is 57.5 Å². The minimum Gasteiger partial charge on any atom is -0.472 e. The number of hydrogen-bond acceptors (Lipinski definition) is 2. The Morgan fingerprint density at radius 2 is 1.11 bits per heavy atom. The van der Waals surface area contributed by atoms with Gasteiger partial charge in [0.05, 0.1) is 0 Å². The van der Waals surface area contributed by atoms with Gasteiger partial charge in [-0.25, -0.2) is 4.79 Å². The fourth-order valence-electron chi connectivity index (χ4n) is 2.77. The number of unbranched alkanes of at least 4 members (excludes halogenated alkanes) is 12. The molecule has 2 N–H and O–H groups in total. The van der Waals surface area contributed by atoms with Crippen LogP contribution in [0.5, 0.6) is 0 Å². The SMILES string of the molecule is C#CC(O)/C=C/CCCCCC#CC#CCCCC#CCCCC#CCCCCCC#CC(=O)O. The highest BCUT2D eigenvalue weighted by atomic mass is 16.4. The lowest BCUT2D eigenvalue weighted by Crippen LogP contribution is -1.95. The maximum absolute atomic E-state index is 10.2. The summed E-state index contributed by atoms with van der Waals surface area (Å²) in [7, 11) is 0. The number of terminal acetylenes is 1. The molecule has 0 fully saturated rings. The fourth-order valence-corrected chi connectivity index (χ4v) is 2.77. The second-order valence-corrected chi connectivity index (χ2v) is 7.82. The van der Waals surface area contributed by atoms with E-state index in [1.54, 1.807) is 6.08 Å². The molecule has 0 bridgehead atoms. The predicted molar refractivity (Wildman–Crippen MR) is 144 cm³/mol. The Kier molecular flexibility index (Phi) is 24.1. The molecule has 0 aliphatic heterocycles. The summed E-state index contributed by atoms with van der Waals surface area (Å²) >= 11 is 0. The second-order valence-electron chi connectivity index (χ2n) is 7.82. The van der Waals surface area contributed by atoms with Gasteiger partial charge < -0.3 is 10.2 Å². The number of carboxylic acids is 1. The number of carboxylic acid groups (broad SMARTS) is 1. The molecule has 3 nitrogen and oxygen atoms in total. The highest BCUT2D eigenvalue weighted by Gasteiger charge is 1.90. The maximum Gasteiger partial charge on any atom is 0.381 e. The number of allylic oxidation sites excluding steroid dienone is 1. The molecule has 1 atom stereocenters. The third kappa shape index (κ3) is 28.5. The summed E-state index contributed by atoms with van der Waals surface area (Å²) in [5, 5.41) is 17.6. The summed E-state index contributed by atoms with van der Waals surface area (Å²) in [5.41, 5.74) is 0. The van der Waals surface area contributed by atoms with E-state index < -0.39 is 12.1 Å². The molecule has 0 amide bonds. The molecular weight excluding hydrogens is 432 g/mol. The molecule has 184 valence electrons. The first-order valence-corrected chi connectivity index (χ1v) is 12.6. The van der Waals surface area contributed by atoms with Crippen LogP contribution in [0.15, 0.2) is 12.2 Å². The zero-order valence-electron chi connectivity index (χ0n) is 20.9. The molecule has 0 aromatic heterocycles. The van der Waals surface area contributed by atoms with Crippen LogP contribution in [0.3, 0.4) is 0 Å². The van der Waals surface area contributed by atoms with Gasteiger partial charge in [-0.2, -0.15) is 0 Å². The molecule has 0 heterocycles. The van der Waals surface area contributed by atoms with Crippen LogP contribution in [0, 0.1) is 71.5 Å². The van der Waals surface area contributed by atoms with Crippen LogP contribution in [0.4, 0.5) is 0 Å². The van der Waals surface area contributed by atoms with Gasteiger partial charge in [-0.15, -0.1) is 30.1 Å². The lowest BCUT2D eigenvalue weighted by molar-refractivity contribution is -0.130. The van der Waals surface area contributed by atoms with E-state index in [0.717, 1.165) is 96.3 Å². The predicted octanol–water partition coefficient (Wildman–Crippen LogP) is 5.88. The average molecular weight is 471 g/mol. The lowest BCUT2D eigenvalue weighted by Gasteiger charge is -1.95. The van der Waals surface area contributed by atoms with Gasteiger partial charge in [0.25, 0.3) is 0 Å². The van der Waals surface area contributed by atoms with Gasteiger partial charge in [0, 0.05) is 50.9 Å². The Morgan fingerprint density at radius 1 is 0.657 bits per heavy atom. The van der Waals surface area contributed by atoms with Crippen molar-refractivity contribution >= 4 is 5.97 Å². The minimum absolute atomic E-state index is 0.641. The van der Waals surface area contributed by atoms with E-state index in [1.165, 1.54) is 0 Å². The summed E-state index contributed by atoms with van der Waals surface area (Å²) in [6, 6.07) is 0. The average Bonchev–Trinajstić information content (AvgIpc) is 2.85. The summed E-state index contributed by atoms with van der Waals surface area (Å²) < 4.78 is 0. The number of rotatable bonds is 14. The third-order valence-electron chi connectivity index (χ3n) is 4.66. The number of hydrogen-bond donors (Lipinski definition) is 2. The van der Waals surface area contributed by atoms with Crippen molar-refractivity contribution < 1.29 is 15.0 Å². The number of carbonyl (C=O) groups is 1. The van der Waals surface area contributed by atoms with Gasteiger partial charge in [-0.3, -0.25) is 0 Å². The highest BCUT2D eigenvalue weighted by Crippen LogP contribution is 2.04. The summed E-state index contributed by atoms with van der Waals surface area (Å²) in [6.07, 6.45) is 22.9. The Morgan fingerprint density at radius 3 is 1.66 bits per heavy atom. The van der Waals surface area contributed by atoms with E-state index in [2.05, 4.69) is 65.1 Å². The van der Waals surface area contributed by atoms with E-state index in [-0.39, 0.29) is 0 Å². The number of aliphatic carboxylic acids is 1. The molecular formula is C32H38O3. The maximum atomic E-state index is 10.2. The molecule has 3 heteroatoms. The van der Waals surface area contributed by atoms with E-state index in [1.807, 2.05) is 6.08 Å². The summed E-state index contributed by atoms with van der Waals surface area (Å²) in [6.45, 7) is 0. The van der Waals surface area contributed by atoms with Crippen LogP contribution >= 0.6 is 0 Å². The van der Waals surface area contributed by atoms with E-state index in [9.17, 15) is 9.90 Å². The van der Waals surface area contributed by atoms with Crippen molar-refractivity contribution in [1.29, 1.82) is 0 Å². The van der Waals surface area contributed by atoms with Gasteiger partial charge >= 0.3 is 5.97 Å². The van der Waals surface area contributed by atoms with E-state index in [4.69, 9.17) is 11.5 Å². The molecule has 0 spiro atoms. The molecule has 0 aromatic carbocycles. The Hall–Kier alpha value is -3.47. The quantitative estimate of drug-likeness (QED) is 0.189. The molecule has 0 aliphatic rings. The van der Waals surface area contributed by atoms with Crippen molar-refractivity contribution in [3.63, 3.8) is 0 Å². The van der Waals surface area contributed by atoms with Crippen LogP contribution < -0.4 is 0 Å². The molecule has 35 heavy (non-hydrogen) atoms. The number of aliphatic hydroxyl groups is 1. The second kappa shape index (κ2) is 26.8. The van der Waals surface area contributed by atoms with Gasteiger partial charge in [0.2, 0.25) is 0 Å². The van der Waals surface area contributed by atoms with Gasteiger partial charge in [-0.1, -0.05) is 42.6 Å². The summed E-state index contributed by atoms with van der Waals surface area (Å²) in [5.74, 6) is 30.7. The van der Waals surface area contributed by atoms with Crippen molar-refractivity contribution in [2.45, 2.75) is 109 Å². The summed E-state index contributed by atoms with van der Waals surface area (Å²) in [4.78, 5) is 10.2. The third-order valence-corrected chi connectivity index (χ3v) is 4.66. The minimum atomic E-state index is -1.06. The molecule has 0 aliphatic carbocycles. The van der Waals surface area contributed by atoms with Crippen LogP contribution in [-0.4, -0.2) is 22.3 Å². The lowest BCUT2D eigenvalue weighted by atomic mass is 10.1. The zero-order valence-corrected chi connectivity index (χ0v) is 20.9. The monoisotopic (exact) mass is 470 g/mol. The number of aliphatic hydroxyl groups excluding tert-OH is 1. The van der Waals surface area contributed by atoms with Crippen LogP contribution in [0.1, 0.15) is 103 Å². The van der Waals surface area contributed by atoms with Gasteiger partial charge in [-0.05, 0) is 62.9 Å². The van der Waals surface area contributed by atoms with Crippen molar-refractivity contribution in [2.75, 3.05) is 0 Å². The van der Waals surface area contributed by atoms with Crippen molar-refractivity contribution in [1.82, 2.24) is 0 Å². The molecule has 0 saturated carbocycles. The van der Waals surface area contributed by atoms with Crippen molar-refractivity contribution in [2.24, 2.45) is 0 Å². The first kappa shape index (κ1) is 31.5. The Labute approximate surface area is 213 Å². The normalized spacial score (nSPS) is 9.94. The first-order valence-electron chi connectivity index (χ1n) is 12.6. The van der Waals surface area contributed by atoms with Gasteiger partial charge in [0.1, 0.15) is 6.10 Å². The van der Waals surface area contributed by atoms with Gasteiger partial charge in [0.15, 0.2) is 0 Å². The zero-order chi connectivity index (χ0) is 25.7. The smallest absolute Gasteiger partial charge is 0.381 e. The molecule has 1 unspecified atom stereocenters. The highest BCUT2D eigenvalue weighted by molar-refractivity contribution is 5.86. The standard InChI is InChI=1S/C32H38O3/c1-2-31(33)29-27-25-23-21-19-17-15-13-11-9-7-5-3-4-6-8-10-12-14-16-18-20-22-24-26-28-30-32(34)35/h1,27,29,31,33H,3,5,7-8,10,12,17-26H2,(H,34,35)/b29-27+. The molecule has 0 saturated heterocycles. The largest absolute Gasteiger partial charge is 0.472 e. The van der Waals surface area contributed by atoms with Crippen LogP contribution in [0.2, 0.25) is 0 Å². The van der Waals surface area contributed by atoms with E-state index >= 15 is 0 Å². The fraction of sp³-hybridized carbons (Fsp3) is 0.531. The van der Waals surface area contributed by atoms with Crippen LogP contribution in [-0.2, 0) is 4.79 Å². The van der Waals surface area contributed by atoms with Crippen molar-refractivity contribution in [3.8, 4) is 71.5 Å². The van der Waals surface area contributed by atoms with Crippen LogP contribution in [0.25, 0.3) is 0 Å². The van der Waals surface area contributed by atoms with Crippen molar-refractivity contribution in [3.05, 3.63) is 12.2 Å². The van der Waals surface area contributed by atoms with E-state index in [0.29, 0.717) is 6.42 Å². The Balaban J connectivity index is 3.51. The molecule has 0 aromatic rings. The first-order chi connectivity index (χ1) is 17.2. The molecule has 0 rings (SSSR count).